The molecule has 82 valence electrons. The fourth-order valence-corrected chi connectivity index (χ4v) is 1.41. The highest BCUT2D eigenvalue weighted by molar-refractivity contribution is 5.97. The van der Waals surface area contributed by atoms with Gasteiger partial charge in [-0.25, -0.2) is 0 Å². The van der Waals surface area contributed by atoms with Gasteiger partial charge >= 0.3 is 0 Å². The van der Waals surface area contributed by atoms with Crippen molar-refractivity contribution < 1.29 is 14.3 Å². The molecule has 0 spiro atoms. The summed E-state index contributed by atoms with van der Waals surface area (Å²) in [6, 6.07) is 3.61. The van der Waals surface area contributed by atoms with Gasteiger partial charge in [0.05, 0.1) is 7.11 Å². The van der Waals surface area contributed by atoms with Crippen LogP contribution < -0.4 is 4.74 Å². The van der Waals surface area contributed by atoms with Gasteiger partial charge in [-0.1, -0.05) is 0 Å². The van der Waals surface area contributed by atoms with Gasteiger partial charge in [0.15, 0.2) is 5.78 Å². The minimum Gasteiger partial charge on any atom is -0.496 e. The lowest BCUT2D eigenvalue weighted by Crippen LogP contribution is -2.08. The van der Waals surface area contributed by atoms with Crippen LogP contribution in [-0.4, -0.2) is 26.6 Å². The van der Waals surface area contributed by atoms with Crippen molar-refractivity contribution in [2.45, 2.75) is 13.8 Å². The Hall–Kier alpha value is -1.35. The first-order chi connectivity index (χ1) is 7.10. The van der Waals surface area contributed by atoms with E-state index in [2.05, 4.69) is 0 Å². The Bertz CT molecular complexity index is 369. The molecule has 0 amide bonds. The first kappa shape index (κ1) is 11.7. The van der Waals surface area contributed by atoms with Crippen LogP contribution in [0.25, 0.3) is 0 Å². The Balaban J connectivity index is 3.10. The van der Waals surface area contributed by atoms with Crippen molar-refractivity contribution in [3.05, 3.63) is 28.8 Å². The van der Waals surface area contributed by atoms with Crippen LogP contribution in [0.2, 0.25) is 0 Å². The number of methoxy groups -OCH3 is 2. The third kappa shape index (κ3) is 2.57. The smallest absolute Gasteiger partial charge is 0.188 e. The SMILES string of the molecule is COCC(=O)c1cc(C)c(C)c(OC)c1. The number of benzene rings is 1. The molecule has 1 aromatic rings. The largest absolute Gasteiger partial charge is 0.496 e. The van der Waals surface area contributed by atoms with Crippen LogP contribution in [-0.2, 0) is 4.74 Å². The number of Topliss-reactive ketones (excluding diaryl/α,β-unsaturated/α-hetero) is 1. The zero-order valence-corrected chi connectivity index (χ0v) is 9.59. The molecule has 0 atom stereocenters. The van der Waals surface area contributed by atoms with E-state index in [0.29, 0.717) is 5.56 Å². The van der Waals surface area contributed by atoms with Gasteiger partial charge < -0.3 is 9.47 Å². The quantitative estimate of drug-likeness (QED) is 0.711. The number of carbonyl (C=O) groups excluding carboxylic acids is 1. The van der Waals surface area contributed by atoms with E-state index >= 15 is 0 Å². The molecule has 3 heteroatoms. The fraction of sp³-hybridized carbons (Fsp3) is 0.417. The minimum absolute atomic E-state index is 0.0288. The third-order valence-electron chi connectivity index (χ3n) is 2.44. The minimum atomic E-state index is -0.0288. The molecule has 0 radical (unpaired) electrons. The summed E-state index contributed by atoms with van der Waals surface area (Å²) in [4.78, 5) is 11.6. The molecule has 0 aliphatic heterocycles. The molecule has 0 fully saturated rings. The van der Waals surface area contributed by atoms with Crippen LogP contribution in [0.1, 0.15) is 21.5 Å². The molecule has 15 heavy (non-hydrogen) atoms. The molecule has 0 heterocycles. The average Bonchev–Trinajstić information content (AvgIpc) is 2.22. The van der Waals surface area contributed by atoms with Crippen molar-refractivity contribution in [2.75, 3.05) is 20.8 Å². The van der Waals surface area contributed by atoms with Gasteiger partial charge in [0.1, 0.15) is 12.4 Å². The van der Waals surface area contributed by atoms with Crippen LogP contribution >= 0.6 is 0 Å². The highest BCUT2D eigenvalue weighted by Crippen LogP contribution is 2.23. The summed E-state index contributed by atoms with van der Waals surface area (Å²) in [7, 11) is 3.11. The summed E-state index contributed by atoms with van der Waals surface area (Å²) in [5.74, 6) is 0.716. The normalized spacial score (nSPS) is 10.1. The summed E-state index contributed by atoms with van der Waals surface area (Å²) < 4.78 is 10.0. The number of ketones is 1. The van der Waals surface area contributed by atoms with Gasteiger partial charge in [-0.15, -0.1) is 0 Å². The molecular formula is C12H16O3. The maximum atomic E-state index is 11.6. The lowest BCUT2D eigenvalue weighted by Gasteiger charge is -2.10. The molecule has 0 N–H and O–H groups in total. The molecular weight excluding hydrogens is 192 g/mol. The van der Waals surface area contributed by atoms with Crippen LogP contribution in [0.5, 0.6) is 5.75 Å². The van der Waals surface area contributed by atoms with Crippen LogP contribution in [0, 0.1) is 13.8 Å². The Morgan fingerprint density at radius 3 is 2.47 bits per heavy atom. The Labute approximate surface area is 90.0 Å². The Kier molecular flexibility index (Phi) is 3.86. The van der Waals surface area contributed by atoms with Crippen molar-refractivity contribution in [1.29, 1.82) is 0 Å². The van der Waals surface area contributed by atoms with Crippen molar-refractivity contribution in [3.63, 3.8) is 0 Å². The molecule has 0 aliphatic rings. The average molecular weight is 208 g/mol. The summed E-state index contributed by atoms with van der Waals surface area (Å²) in [5.41, 5.74) is 2.75. The summed E-state index contributed by atoms with van der Waals surface area (Å²) >= 11 is 0. The van der Waals surface area contributed by atoms with E-state index in [0.717, 1.165) is 16.9 Å². The van der Waals surface area contributed by atoms with E-state index < -0.39 is 0 Å². The fourth-order valence-electron chi connectivity index (χ4n) is 1.41. The first-order valence-electron chi connectivity index (χ1n) is 4.77. The van der Waals surface area contributed by atoms with E-state index in [1.807, 2.05) is 19.9 Å². The predicted molar refractivity (Wildman–Crippen MR) is 58.7 cm³/mol. The van der Waals surface area contributed by atoms with Crippen molar-refractivity contribution in [1.82, 2.24) is 0 Å². The zero-order chi connectivity index (χ0) is 11.4. The predicted octanol–water partition coefficient (Wildman–Crippen LogP) is 2.14. The lowest BCUT2D eigenvalue weighted by molar-refractivity contribution is 0.0847. The van der Waals surface area contributed by atoms with Gasteiger partial charge in [-0.05, 0) is 37.1 Å². The van der Waals surface area contributed by atoms with Gasteiger partial charge in [-0.3, -0.25) is 4.79 Å². The van der Waals surface area contributed by atoms with Gasteiger partial charge in [0.25, 0.3) is 0 Å². The highest BCUT2D eigenvalue weighted by atomic mass is 16.5. The second kappa shape index (κ2) is 4.94. The summed E-state index contributed by atoms with van der Waals surface area (Å²) in [5, 5.41) is 0. The van der Waals surface area contributed by atoms with Crippen molar-refractivity contribution >= 4 is 5.78 Å². The first-order valence-corrected chi connectivity index (χ1v) is 4.77. The van der Waals surface area contributed by atoms with Crippen molar-refractivity contribution in [3.8, 4) is 5.75 Å². The molecule has 0 bridgehead atoms. The molecule has 0 saturated carbocycles. The van der Waals surface area contributed by atoms with Gasteiger partial charge in [-0.2, -0.15) is 0 Å². The van der Waals surface area contributed by atoms with E-state index in [9.17, 15) is 4.79 Å². The van der Waals surface area contributed by atoms with E-state index in [1.165, 1.54) is 7.11 Å². The standard InChI is InChI=1S/C12H16O3/c1-8-5-10(11(13)7-14-3)6-12(15-4)9(8)2/h5-6H,7H2,1-4H3. The molecule has 1 aromatic carbocycles. The van der Waals surface area contributed by atoms with Crippen LogP contribution in [0.4, 0.5) is 0 Å². The molecule has 0 aromatic heterocycles. The second-order valence-electron chi connectivity index (χ2n) is 3.48. The lowest BCUT2D eigenvalue weighted by atomic mass is 10.0. The molecule has 0 saturated heterocycles. The van der Waals surface area contributed by atoms with Gasteiger partial charge in [0.2, 0.25) is 0 Å². The van der Waals surface area contributed by atoms with Gasteiger partial charge in [0, 0.05) is 12.7 Å². The third-order valence-corrected chi connectivity index (χ3v) is 2.44. The molecule has 1 rings (SSSR count). The van der Waals surface area contributed by atoms with E-state index in [-0.39, 0.29) is 12.4 Å². The number of aryl methyl sites for hydroxylation is 1. The number of rotatable bonds is 4. The topological polar surface area (TPSA) is 35.5 Å². The molecule has 0 unspecified atom stereocenters. The number of carbonyl (C=O) groups is 1. The van der Waals surface area contributed by atoms with Crippen molar-refractivity contribution in [2.24, 2.45) is 0 Å². The maximum absolute atomic E-state index is 11.6. The highest BCUT2D eigenvalue weighted by Gasteiger charge is 2.10. The maximum Gasteiger partial charge on any atom is 0.188 e. The summed E-state index contributed by atoms with van der Waals surface area (Å²) in [6.07, 6.45) is 0. The Morgan fingerprint density at radius 1 is 1.27 bits per heavy atom. The Morgan fingerprint density at radius 2 is 1.93 bits per heavy atom. The van der Waals surface area contributed by atoms with Crippen LogP contribution in [0.3, 0.4) is 0 Å². The van der Waals surface area contributed by atoms with E-state index in [4.69, 9.17) is 9.47 Å². The molecule has 3 nitrogen and oxygen atoms in total. The monoisotopic (exact) mass is 208 g/mol. The number of hydrogen-bond donors (Lipinski definition) is 0. The van der Waals surface area contributed by atoms with Crippen LogP contribution in [0.15, 0.2) is 12.1 Å². The zero-order valence-electron chi connectivity index (χ0n) is 9.59. The number of hydrogen-bond acceptors (Lipinski definition) is 3. The summed E-state index contributed by atoms with van der Waals surface area (Å²) in [6.45, 7) is 4.03. The van der Waals surface area contributed by atoms with E-state index in [1.54, 1.807) is 13.2 Å². The molecule has 0 aliphatic carbocycles. The second-order valence-corrected chi connectivity index (χ2v) is 3.48. The number of ether oxygens (including phenoxy) is 2.